The highest BCUT2D eigenvalue weighted by Crippen LogP contribution is 2.27. The first-order valence-electron chi connectivity index (χ1n) is 7.89. The number of hydrogen-bond acceptors (Lipinski definition) is 4. The first-order chi connectivity index (χ1) is 12.6. The van der Waals surface area contributed by atoms with Crippen LogP contribution in [0.15, 0.2) is 55.0 Å². The quantitative estimate of drug-likeness (QED) is 0.559. The third kappa shape index (κ3) is 2.78. The van der Waals surface area contributed by atoms with Gasteiger partial charge < -0.3 is 10.7 Å². The van der Waals surface area contributed by atoms with Crippen LogP contribution in [0, 0.1) is 11.3 Å². The maximum atomic E-state index is 11.0. The summed E-state index contributed by atoms with van der Waals surface area (Å²) >= 11 is 0. The minimum Gasteiger partial charge on any atom is -0.366 e. The van der Waals surface area contributed by atoms with Crippen LogP contribution in [0.4, 0.5) is 0 Å². The summed E-state index contributed by atoms with van der Waals surface area (Å²) in [5.41, 5.74) is 9.92. The van der Waals surface area contributed by atoms with E-state index in [9.17, 15) is 4.79 Å². The van der Waals surface area contributed by atoms with Gasteiger partial charge in [0.05, 0.1) is 17.1 Å². The van der Waals surface area contributed by atoms with Crippen molar-refractivity contribution in [3.8, 4) is 17.2 Å². The number of nitrogens with two attached hydrogens (primary N) is 1. The van der Waals surface area contributed by atoms with Gasteiger partial charge in [0.25, 0.3) is 0 Å². The first-order valence-corrected chi connectivity index (χ1v) is 7.89. The van der Waals surface area contributed by atoms with Crippen LogP contribution in [-0.4, -0.2) is 20.9 Å². The van der Waals surface area contributed by atoms with Gasteiger partial charge in [0, 0.05) is 52.1 Å². The maximum Gasteiger partial charge on any atom is 0.241 e. The number of amides is 1. The molecule has 0 aliphatic rings. The number of aromatic nitrogens is 3. The Morgan fingerprint density at radius 2 is 1.96 bits per heavy atom. The summed E-state index contributed by atoms with van der Waals surface area (Å²) in [6.07, 6.45) is 8.29. The molecule has 0 radical (unpaired) electrons. The Labute approximate surface area is 148 Å². The lowest BCUT2D eigenvalue weighted by atomic mass is 10.0. The van der Waals surface area contributed by atoms with Crippen molar-refractivity contribution >= 4 is 33.9 Å². The Morgan fingerprint density at radius 1 is 1.15 bits per heavy atom. The zero-order chi connectivity index (χ0) is 18.1. The van der Waals surface area contributed by atoms with Gasteiger partial charge in [-0.15, -0.1) is 0 Å². The summed E-state index contributed by atoms with van der Waals surface area (Å²) in [7, 11) is 0. The van der Waals surface area contributed by atoms with Gasteiger partial charge in [-0.3, -0.25) is 9.78 Å². The lowest BCUT2D eigenvalue weighted by Gasteiger charge is -2.04. The Kier molecular flexibility index (Phi) is 3.67. The van der Waals surface area contributed by atoms with Crippen molar-refractivity contribution in [1.29, 1.82) is 5.26 Å². The fourth-order valence-electron chi connectivity index (χ4n) is 2.85. The smallest absolute Gasteiger partial charge is 0.241 e. The van der Waals surface area contributed by atoms with Crippen molar-refractivity contribution in [2.24, 2.45) is 5.73 Å². The maximum absolute atomic E-state index is 11.0. The second kappa shape index (κ2) is 6.15. The van der Waals surface area contributed by atoms with E-state index in [-0.39, 0.29) is 0 Å². The Morgan fingerprint density at radius 3 is 2.77 bits per heavy atom. The van der Waals surface area contributed by atoms with E-state index >= 15 is 0 Å². The zero-order valence-electron chi connectivity index (χ0n) is 13.6. The largest absolute Gasteiger partial charge is 0.366 e. The summed E-state index contributed by atoms with van der Waals surface area (Å²) in [5, 5.41) is 10.8. The summed E-state index contributed by atoms with van der Waals surface area (Å²) in [5.74, 6) is -0.504. The molecular formula is C20H13N5O. The molecule has 4 rings (SSSR count). The highest BCUT2D eigenvalue weighted by molar-refractivity contribution is 5.96. The van der Waals surface area contributed by atoms with Crippen LogP contribution >= 0.6 is 0 Å². The van der Waals surface area contributed by atoms with E-state index in [0.717, 1.165) is 38.6 Å². The summed E-state index contributed by atoms with van der Waals surface area (Å²) in [6.45, 7) is 0. The van der Waals surface area contributed by atoms with Crippen molar-refractivity contribution in [1.82, 2.24) is 15.0 Å². The van der Waals surface area contributed by atoms with Crippen LogP contribution in [-0.2, 0) is 4.79 Å². The second-order valence-corrected chi connectivity index (χ2v) is 5.84. The first kappa shape index (κ1) is 15.5. The molecule has 3 heterocycles. The van der Waals surface area contributed by atoms with E-state index in [0.29, 0.717) is 5.56 Å². The monoisotopic (exact) mass is 339 g/mol. The Bertz CT molecular complexity index is 1230. The molecule has 0 saturated heterocycles. The second-order valence-electron chi connectivity index (χ2n) is 5.84. The number of hydrogen-bond donors (Lipinski definition) is 2. The topological polar surface area (TPSA) is 108 Å². The van der Waals surface area contributed by atoms with Crippen LogP contribution < -0.4 is 5.73 Å². The van der Waals surface area contributed by atoms with Gasteiger partial charge in [-0.05, 0) is 36.4 Å². The van der Waals surface area contributed by atoms with Gasteiger partial charge in [0.15, 0.2) is 0 Å². The molecular weight excluding hydrogens is 326 g/mol. The minimum atomic E-state index is -0.504. The number of pyridine rings is 2. The molecule has 0 aliphatic heterocycles. The number of nitriles is 1. The van der Waals surface area contributed by atoms with E-state index in [1.165, 1.54) is 6.08 Å². The van der Waals surface area contributed by atoms with E-state index < -0.39 is 5.91 Å². The molecule has 0 aliphatic carbocycles. The van der Waals surface area contributed by atoms with Crippen molar-refractivity contribution in [2.75, 3.05) is 0 Å². The van der Waals surface area contributed by atoms with Gasteiger partial charge in [-0.1, -0.05) is 0 Å². The highest BCUT2D eigenvalue weighted by Gasteiger charge is 2.07. The number of fused-ring (bicyclic) bond motifs is 2. The highest BCUT2D eigenvalue weighted by atomic mass is 16.1. The average Bonchev–Trinajstić information content (AvgIpc) is 3.07. The molecule has 3 N–H and O–H groups in total. The predicted octanol–water partition coefficient (Wildman–Crippen LogP) is 3.15. The zero-order valence-corrected chi connectivity index (χ0v) is 13.6. The normalized spacial score (nSPS) is 11.2. The molecule has 0 spiro atoms. The third-order valence-electron chi connectivity index (χ3n) is 4.13. The van der Waals surface area contributed by atoms with Crippen molar-refractivity contribution in [2.45, 2.75) is 0 Å². The summed E-state index contributed by atoms with van der Waals surface area (Å²) < 4.78 is 0. The SMILES string of the molecule is N#Cc1ccc2ncc(-c3cnc4[nH]cc(/C=C/C(N)=O)c4c3)cc2c1. The van der Waals surface area contributed by atoms with Crippen LogP contribution in [0.1, 0.15) is 11.1 Å². The molecule has 0 saturated carbocycles. The summed E-state index contributed by atoms with van der Waals surface area (Å²) in [6, 6.07) is 11.5. The molecule has 0 fully saturated rings. The molecule has 1 amide bonds. The number of aromatic amines is 1. The van der Waals surface area contributed by atoms with E-state index in [2.05, 4.69) is 21.0 Å². The molecule has 26 heavy (non-hydrogen) atoms. The molecule has 6 nitrogen and oxygen atoms in total. The van der Waals surface area contributed by atoms with E-state index in [4.69, 9.17) is 11.0 Å². The van der Waals surface area contributed by atoms with Gasteiger partial charge >= 0.3 is 0 Å². The summed E-state index contributed by atoms with van der Waals surface area (Å²) in [4.78, 5) is 22.9. The van der Waals surface area contributed by atoms with Gasteiger partial charge in [-0.25, -0.2) is 4.98 Å². The van der Waals surface area contributed by atoms with Gasteiger partial charge in [0.2, 0.25) is 5.91 Å². The van der Waals surface area contributed by atoms with E-state index in [1.54, 1.807) is 30.7 Å². The number of carbonyl (C=O) groups excluding carboxylic acids is 1. The standard InChI is InChI=1S/C20H13N5O/c21-8-12-1-3-18-14(5-12)6-15(10-23-18)16-7-17-13(2-4-19(22)26)9-24-20(17)25-11-16/h1-7,9-11H,(H2,22,26)(H,24,25)/b4-2+. The van der Waals surface area contributed by atoms with E-state index in [1.807, 2.05) is 24.3 Å². The number of primary amides is 1. The molecule has 4 aromatic rings. The number of carbonyl (C=O) groups is 1. The molecule has 124 valence electrons. The van der Waals surface area contributed by atoms with Crippen LogP contribution in [0.25, 0.3) is 39.1 Å². The van der Waals surface area contributed by atoms with Gasteiger partial charge in [0.1, 0.15) is 5.65 Å². The number of nitrogens with one attached hydrogen (secondary N) is 1. The van der Waals surface area contributed by atoms with Gasteiger partial charge in [-0.2, -0.15) is 5.26 Å². The molecule has 6 heteroatoms. The number of nitrogens with zero attached hydrogens (tertiary/aromatic N) is 3. The molecule has 0 unspecified atom stereocenters. The Hall–Kier alpha value is -3.98. The number of H-pyrrole nitrogens is 1. The number of benzene rings is 1. The molecule has 0 bridgehead atoms. The third-order valence-corrected chi connectivity index (χ3v) is 4.13. The fraction of sp³-hybridized carbons (Fsp3) is 0. The average molecular weight is 339 g/mol. The van der Waals surface area contributed by atoms with Crippen LogP contribution in [0.5, 0.6) is 0 Å². The molecule has 3 aromatic heterocycles. The fourth-order valence-corrected chi connectivity index (χ4v) is 2.85. The predicted molar refractivity (Wildman–Crippen MR) is 99.8 cm³/mol. The lowest BCUT2D eigenvalue weighted by molar-refractivity contribution is -0.113. The molecule has 0 atom stereocenters. The van der Waals surface area contributed by atoms with Crippen molar-refractivity contribution < 1.29 is 4.79 Å². The Balaban J connectivity index is 1.83. The lowest BCUT2D eigenvalue weighted by Crippen LogP contribution is -2.04. The number of rotatable bonds is 3. The van der Waals surface area contributed by atoms with Crippen LogP contribution in [0.2, 0.25) is 0 Å². The van der Waals surface area contributed by atoms with Crippen molar-refractivity contribution in [3.63, 3.8) is 0 Å². The molecule has 1 aromatic carbocycles. The van der Waals surface area contributed by atoms with Crippen LogP contribution in [0.3, 0.4) is 0 Å². The minimum absolute atomic E-state index is 0.504. The van der Waals surface area contributed by atoms with Crippen molar-refractivity contribution in [3.05, 3.63) is 66.1 Å².